The van der Waals surface area contributed by atoms with E-state index in [0.717, 1.165) is 15.8 Å². The minimum Gasteiger partial charge on any atom is -0.341 e. The fourth-order valence-corrected chi connectivity index (χ4v) is 5.83. The van der Waals surface area contributed by atoms with Crippen LogP contribution in [-0.4, -0.2) is 58.9 Å². The van der Waals surface area contributed by atoms with Crippen LogP contribution in [0.3, 0.4) is 0 Å². The first kappa shape index (κ1) is 25.1. The predicted octanol–water partition coefficient (Wildman–Crippen LogP) is 5.32. The maximum Gasteiger partial charge on any atom is 0.401 e. The van der Waals surface area contributed by atoms with Gasteiger partial charge >= 0.3 is 6.18 Å². The SMILES string of the molecule is C[C@@H]1Cn2c(cc3ccccc32)[C@@H](c2c(F)cc(C3C(N)CN3CCCF)cc2F)N1CC(F)(F)F. The van der Waals surface area contributed by atoms with E-state index >= 15 is 8.78 Å². The zero-order valence-electron chi connectivity index (χ0n) is 19.8. The minimum absolute atomic E-state index is 0.261. The Morgan fingerprint density at radius 2 is 1.72 bits per heavy atom. The van der Waals surface area contributed by atoms with Crippen LogP contribution in [0.4, 0.5) is 26.3 Å². The van der Waals surface area contributed by atoms with Crippen molar-refractivity contribution in [1.82, 2.24) is 14.4 Å². The zero-order valence-corrected chi connectivity index (χ0v) is 19.8. The van der Waals surface area contributed by atoms with Gasteiger partial charge in [-0.1, -0.05) is 18.2 Å². The number of alkyl halides is 4. The highest BCUT2D eigenvalue weighted by molar-refractivity contribution is 5.82. The molecule has 0 amide bonds. The van der Waals surface area contributed by atoms with Crippen LogP contribution >= 0.6 is 0 Å². The maximum absolute atomic E-state index is 15.7. The van der Waals surface area contributed by atoms with Gasteiger partial charge in [-0.2, -0.15) is 13.2 Å². The Kier molecular flexibility index (Phi) is 6.55. The predicted molar refractivity (Wildman–Crippen MR) is 125 cm³/mol. The lowest BCUT2D eigenvalue weighted by molar-refractivity contribution is -0.157. The highest BCUT2D eigenvalue weighted by atomic mass is 19.4. The Labute approximate surface area is 205 Å². The molecule has 0 bridgehead atoms. The number of aromatic nitrogens is 1. The van der Waals surface area contributed by atoms with Crippen molar-refractivity contribution in [2.45, 2.75) is 50.2 Å². The van der Waals surface area contributed by atoms with Crippen molar-refractivity contribution in [2.75, 3.05) is 26.3 Å². The molecule has 3 heterocycles. The average molecular weight is 511 g/mol. The van der Waals surface area contributed by atoms with Gasteiger partial charge in [0.1, 0.15) is 11.6 Å². The quantitative estimate of drug-likeness (QED) is 0.457. The lowest BCUT2D eigenvalue weighted by Crippen LogP contribution is -2.58. The lowest BCUT2D eigenvalue weighted by atomic mass is 9.87. The molecule has 36 heavy (non-hydrogen) atoms. The Balaban J connectivity index is 1.61. The van der Waals surface area contributed by atoms with E-state index in [0.29, 0.717) is 24.3 Å². The van der Waals surface area contributed by atoms with Crippen molar-refractivity contribution in [3.05, 3.63) is 70.9 Å². The van der Waals surface area contributed by atoms with Gasteiger partial charge in [0, 0.05) is 48.5 Å². The number of fused-ring (bicyclic) bond motifs is 3. The molecule has 5 rings (SSSR count). The molecule has 1 saturated heterocycles. The molecule has 2 unspecified atom stereocenters. The third-order valence-electron chi connectivity index (χ3n) is 7.37. The van der Waals surface area contributed by atoms with E-state index in [4.69, 9.17) is 5.73 Å². The molecule has 194 valence electrons. The van der Waals surface area contributed by atoms with Crippen LogP contribution in [0.25, 0.3) is 10.9 Å². The maximum atomic E-state index is 15.7. The van der Waals surface area contributed by atoms with Crippen molar-refractivity contribution in [3.63, 3.8) is 0 Å². The van der Waals surface area contributed by atoms with Crippen LogP contribution in [0.1, 0.15) is 42.2 Å². The Morgan fingerprint density at radius 3 is 2.36 bits per heavy atom. The third-order valence-corrected chi connectivity index (χ3v) is 7.37. The van der Waals surface area contributed by atoms with Crippen LogP contribution in [0.2, 0.25) is 0 Å². The summed E-state index contributed by atoms with van der Waals surface area (Å²) in [5.74, 6) is -1.84. The normalized spacial score (nSPS) is 25.2. The molecule has 0 radical (unpaired) electrons. The second kappa shape index (κ2) is 9.39. The number of likely N-dealkylation sites (tertiary alicyclic amines) is 1. The molecule has 4 nitrogen and oxygen atoms in total. The number of para-hydroxylation sites is 1. The molecule has 0 aliphatic carbocycles. The number of nitrogens with two attached hydrogens (primary N) is 1. The van der Waals surface area contributed by atoms with E-state index in [1.165, 1.54) is 12.1 Å². The first-order valence-corrected chi connectivity index (χ1v) is 12.0. The van der Waals surface area contributed by atoms with Crippen LogP contribution in [0, 0.1) is 11.6 Å². The van der Waals surface area contributed by atoms with Crippen molar-refractivity contribution >= 4 is 10.9 Å². The first-order valence-electron chi connectivity index (χ1n) is 12.0. The van der Waals surface area contributed by atoms with Gasteiger partial charge < -0.3 is 10.3 Å². The molecule has 2 N–H and O–H groups in total. The lowest BCUT2D eigenvalue weighted by Gasteiger charge is -2.47. The second-order valence-corrected chi connectivity index (χ2v) is 9.82. The summed E-state index contributed by atoms with van der Waals surface area (Å²) in [5.41, 5.74) is 7.20. The van der Waals surface area contributed by atoms with E-state index in [9.17, 15) is 17.6 Å². The van der Waals surface area contributed by atoms with Gasteiger partial charge in [-0.25, -0.2) is 8.78 Å². The number of benzene rings is 2. The van der Waals surface area contributed by atoms with Crippen LogP contribution in [0.5, 0.6) is 0 Å². The molecule has 1 aromatic heterocycles. The third kappa shape index (κ3) is 4.39. The van der Waals surface area contributed by atoms with Crippen LogP contribution in [0.15, 0.2) is 42.5 Å². The highest BCUT2D eigenvalue weighted by Crippen LogP contribution is 2.43. The fraction of sp³-hybridized carbons (Fsp3) is 0.462. The molecule has 2 aliphatic rings. The molecule has 10 heteroatoms. The Bertz CT molecular complexity index is 1230. The van der Waals surface area contributed by atoms with Gasteiger partial charge in [0.15, 0.2) is 0 Å². The molecule has 2 aliphatic heterocycles. The summed E-state index contributed by atoms with van der Waals surface area (Å²) in [6, 6.07) is 8.62. The zero-order chi connectivity index (χ0) is 25.8. The largest absolute Gasteiger partial charge is 0.401 e. The van der Waals surface area contributed by atoms with E-state index in [-0.39, 0.29) is 19.0 Å². The summed E-state index contributed by atoms with van der Waals surface area (Å²) < 4.78 is 86.8. The molecule has 0 saturated carbocycles. The Hall–Kier alpha value is -2.56. The molecule has 0 spiro atoms. The van der Waals surface area contributed by atoms with E-state index < -0.39 is 54.7 Å². The van der Waals surface area contributed by atoms with E-state index in [1.54, 1.807) is 13.0 Å². The van der Waals surface area contributed by atoms with Gasteiger partial charge in [0.2, 0.25) is 0 Å². The number of halogens is 6. The standard InChI is InChI=1S/C26H28F6N4/c1-15-12-35-21-6-3-2-5-16(21)11-22(35)25(36(15)14-26(30,31)32)23-18(28)9-17(10-19(23)29)24-20(33)13-34(24)8-4-7-27/h2-3,5-6,9-11,15,20,24-25H,4,7-8,12-14,33H2,1H3/t15-,20?,24?,25+/m1/s1. The van der Waals surface area contributed by atoms with Crippen molar-refractivity contribution < 1.29 is 26.3 Å². The van der Waals surface area contributed by atoms with E-state index in [2.05, 4.69) is 0 Å². The average Bonchev–Trinajstić information content (AvgIpc) is 3.15. The number of nitrogens with zero attached hydrogens (tertiary/aromatic N) is 3. The number of hydrogen-bond donors (Lipinski definition) is 1. The second-order valence-electron chi connectivity index (χ2n) is 9.82. The fourth-order valence-electron chi connectivity index (χ4n) is 5.83. The number of hydrogen-bond acceptors (Lipinski definition) is 3. The van der Waals surface area contributed by atoms with Gasteiger partial charge in [0.25, 0.3) is 0 Å². The van der Waals surface area contributed by atoms with E-state index in [1.807, 2.05) is 33.7 Å². The highest BCUT2D eigenvalue weighted by Gasteiger charge is 2.44. The van der Waals surface area contributed by atoms with Gasteiger partial charge in [-0.05, 0) is 48.6 Å². The van der Waals surface area contributed by atoms with Crippen LogP contribution < -0.4 is 5.73 Å². The molecular formula is C26H28F6N4. The molecular weight excluding hydrogens is 482 g/mol. The van der Waals surface area contributed by atoms with Gasteiger partial charge in [0.05, 0.1) is 25.3 Å². The Morgan fingerprint density at radius 1 is 1.03 bits per heavy atom. The summed E-state index contributed by atoms with van der Waals surface area (Å²) in [6.45, 7) is 0.969. The summed E-state index contributed by atoms with van der Waals surface area (Å²) in [6.07, 6.45) is -4.27. The minimum atomic E-state index is -4.55. The first-order chi connectivity index (χ1) is 17.1. The van der Waals surface area contributed by atoms with Gasteiger partial charge in [-0.3, -0.25) is 14.2 Å². The summed E-state index contributed by atoms with van der Waals surface area (Å²) >= 11 is 0. The molecule has 3 aromatic rings. The van der Waals surface area contributed by atoms with Crippen molar-refractivity contribution in [3.8, 4) is 0 Å². The monoisotopic (exact) mass is 510 g/mol. The molecule has 1 fully saturated rings. The molecule has 2 aromatic carbocycles. The molecule has 4 atom stereocenters. The summed E-state index contributed by atoms with van der Waals surface area (Å²) in [4.78, 5) is 2.98. The van der Waals surface area contributed by atoms with Crippen molar-refractivity contribution in [1.29, 1.82) is 0 Å². The van der Waals surface area contributed by atoms with Crippen LogP contribution in [-0.2, 0) is 6.54 Å². The summed E-state index contributed by atoms with van der Waals surface area (Å²) in [7, 11) is 0. The topological polar surface area (TPSA) is 37.4 Å². The summed E-state index contributed by atoms with van der Waals surface area (Å²) in [5, 5.41) is 0.792. The smallest absolute Gasteiger partial charge is 0.341 e. The number of rotatable bonds is 6. The van der Waals surface area contributed by atoms with Crippen molar-refractivity contribution in [2.24, 2.45) is 5.73 Å². The van der Waals surface area contributed by atoms with Gasteiger partial charge in [-0.15, -0.1) is 0 Å².